The van der Waals surface area contributed by atoms with Gasteiger partial charge in [-0.05, 0) is 18.6 Å². The normalized spacial score (nSPS) is 11.8. The molecular weight excluding hydrogens is 190 g/mol. The Kier molecular flexibility index (Phi) is 4.57. The van der Waals surface area contributed by atoms with Crippen LogP contribution in [0.4, 0.5) is 0 Å². The first-order valence-corrected chi connectivity index (χ1v) is 4.87. The second-order valence-corrected chi connectivity index (χ2v) is 3.19. The third-order valence-corrected chi connectivity index (χ3v) is 2.08. The van der Waals surface area contributed by atoms with Crippen LogP contribution in [0, 0.1) is 0 Å². The van der Waals surface area contributed by atoms with Gasteiger partial charge in [0.1, 0.15) is 0 Å². The van der Waals surface area contributed by atoms with Gasteiger partial charge < -0.3 is 10.4 Å². The topological polar surface area (TPSA) is 49.3 Å². The van der Waals surface area contributed by atoms with Crippen molar-refractivity contribution in [3.05, 3.63) is 48.6 Å². The monoisotopic (exact) mass is 205 g/mol. The van der Waals surface area contributed by atoms with Gasteiger partial charge in [0.2, 0.25) is 0 Å². The van der Waals surface area contributed by atoms with Crippen LogP contribution in [-0.2, 0) is 0 Å². The third kappa shape index (κ3) is 3.56. The number of hydrogen-bond acceptors (Lipinski definition) is 2. The quantitative estimate of drug-likeness (QED) is 0.713. The van der Waals surface area contributed by atoms with E-state index in [1.165, 1.54) is 0 Å². The maximum atomic E-state index is 11.6. The Hall–Kier alpha value is -1.61. The van der Waals surface area contributed by atoms with E-state index in [9.17, 15) is 4.79 Å². The van der Waals surface area contributed by atoms with Crippen LogP contribution in [0.2, 0.25) is 0 Å². The van der Waals surface area contributed by atoms with Gasteiger partial charge in [-0.15, -0.1) is 6.58 Å². The van der Waals surface area contributed by atoms with E-state index in [0.29, 0.717) is 12.0 Å². The van der Waals surface area contributed by atoms with Crippen molar-refractivity contribution in [1.29, 1.82) is 0 Å². The first-order chi connectivity index (χ1) is 7.27. The van der Waals surface area contributed by atoms with Gasteiger partial charge in [0.25, 0.3) is 5.91 Å². The molecule has 15 heavy (non-hydrogen) atoms. The number of rotatable bonds is 5. The van der Waals surface area contributed by atoms with Crippen molar-refractivity contribution in [1.82, 2.24) is 5.32 Å². The zero-order chi connectivity index (χ0) is 11.1. The molecule has 80 valence electrons. The van der Waals surface area contributed by atoms with Crippen LogP contribution in [0.3, 0.4) is 0 Å². The van der Waals surface area contributed by atoms with E-state index in [1.54, 1.807) is 18.2 Å². The predicted octanol–water partition coefficient (Wildman–Crippen LogP) is 1.35. The van der Waals surface area contributed by atoms with Gasteiger partial charge in [0, 0.05) is 18.2 Å². The maximum absolute atomic E-state index is 11.6. The minimum Gasteiger partial charge on any atom is -0.396 e. The largest absolute Gasteiger partial charge is 0.396 e. The summed E-state index contributed by atoms with van der Waals surface area (Å²) in [7, 11) is 0. The molecule has 0 bridgehead atoms. The summed E-state index contributed by atoms with van der Waals surface area (Å²) in [6.07, 6.45) is 2.11. The zero-order valence-corrected chi connectivity index (χ0v) is 8.52. The van der Waals surface area contributed by atoms with Crippen molar-refractivity contribution >= 4 is 5.91 Å². The molecule has 0 aromatic heterocycles. The smallest absolute Gasteiger partial charge is 0.251 e. The van der Waals surface area contributed by atoms with Crippen LogP contribution in [0.15, 0.2) is 43.0 Å². The molecule has 1 aromatic rings. The summed E-state index contributed by atoms with van der Waals surface area (Å²) in [5.41, 5.74) is 0.613. The number of carbonyl (C=O) groups is 1. The van der Waals surface area contributed by atoms with Crippen molar-refractivity contribution in [2.75, 3.05) is 6.61 Å². The van der Waals surface area contributed by atoms with Crippen molar-refractivity contribution in [3.8, 4) is 0 Å². The van der Waals surface area contributed by atoms with E-state index in [2.05, 4.69) is 11.9 Å². The lowest BCUT2D eigenvalue weighted by Crippen LogP contribution is -2.33. The number of aliphatic hydroxyl groups is 1. The minimum atomic E-state index is -0.178. The van der Waals surface area contributed by atoms with Crippen molar-refractivity contribution < 1.29 is 9.90 Å². The number of amides is 1. The fraction of sp³-hybridized carbons (Fsp3) is 0.250. The number of hydrogen-bond donors (Lipinski definition) is 2. The molecule has 0 saturated heterocycles. The lowest BCUT2D eigenvalue weighted by molar-refractivity contribution is 0.0939. The Bertz CT molecular complexity index is 322. The highest BCUT2D eigenvalue weighted by Gasteiger charge is 2.09. The standard InChI is InChI=1S/C12H15NO2/c1-2-11(8-9-14)13-12(15)10-6-4-3-5-7-10/h2-7,11,14H,1,8-9H2,(H,13,15). The van der Waals surface area contributed by atoms with Gasteiger partial charge in [0.15, 0.2) is 0 Å². The molecule has 0 aliphatic heterocycles. The predicted molar refractivity (Wildman–Crippen MR) is 59.6 cm³/mol. The van der Waals surface area contributed by atoms with E-state index in [-0.39, 0.29) is 18.6 Å². The van der Waals surface area contributed by atoms with Crippen LogP contribution in [-0.4, -0.2) is 23.7 Å². The van der Waals surface area contributed by atoms with E-state index in [0.717, 1.165) is 0 Å². The molecular formula is C12H15NO2. The lowest BCUT2D eigenvalue weighted by atomic mass is 10.1. The van der Waals surface area contributed by atoms with E-state index < -0.39 is 0 Å². The second kappa shape index (κ2) is 5.98. The number of benzene rings is 1. The van der Waals surface area contributed by atoms with Gasteiger partial charge in [-0.3, -0.25) is 4.79 Å². The van der Waals surface area contributed by atoms with Gasteiger partial charge in [0.05, 0.1) is 0 Å². The van der Waals surface area contributed by atoms with Crippen LogP contribution >= 0.6 is 0 Å². The van der Waals surface area contributed by atoms with Crippen LogP contribution in [0.1, 0.15) is 16.8 Å². The summed E-state index contributed by atoms with van der Waals surface area (Å²) in [6.45, 7) is 3.63. The lowest BCUT2D eigenvalue weighted by Gasteiger charge is -2.13. The molecule has 0 radical (unpaired) electrons. The fourth-order valence-electron chi connectivity index (χ4n) is 1.23. The molecule has 1 amide bonds. The average Bonchev–Trinajstić information content (AvgIpc) is 2.29. The van der Waals surface area contributed by atoms with Crippen LogP contribution in [0.25, 0.3) is 0 Å². The zero-order valence-electron chi connectivity index (χ0n) is 8.52. The third-order valence-electron chi connectivity index (χ3n) is 2.08. The fourth-order valence-corrected chi connectivity index (χ4v) is 1.23. The SMILES string of the molecule is C=CC(CCO)NC(=O)c1ccccc1. The second-order valence-electron chi connectivity index (χ2n) is 3.19. The highest BCUT2D eigenvalue weighted by molar-refractivity contribution is 5.94. The molecule has 0 fully saturated rings. The van der Waals surface area contributed by atoms with Crippen LogP contribution < -0.4 is 5.32 Å². The average molecular weight is 205 g/mol. The van der Waals surface area contributed by atoms with Crippen molar-refractivity contribution in [2.24, 2.45) is 0 Å². The summed E-state index contributed by atoms with van der Waals surface area (Å²) in [5, 5.41) is 11.5. The first kappa shape index (κ1) is 11.5. The van der Waals surface area contributed by atoms with Gasteiger partial charge >= 0.3 is 0 Å². The van der Waals surface area contributed by atoms with Crippen molar-refractivity contribution in [3.63, 3.8) is 0 Å². The molecule has 1 rings (SSSR count). The molecule has 2 N–H and O–H groups in total. The molecule has 1 atom stereocenters. The molecule has 1 unspecified atom stereocenters. The number of nitrogens with one attached hydrogen (secondary N) is 1. The molecule has 0 aliphatic rings. The number of aliphatic hydroxyl groups excluding tert-OH is 1. The molecule has 3 heteroatoms. The molecule has 0 heterocycles. The van der Waals surface area contributed by atoms with Gasteiger partial charge in [-0.2, -0.15) is 0 Å². The molecule has 1 aromatic carbocycles. The van der Waals surface area contributed by atoms with E-state index in [1.807, 2.05) is 18.2 Å². The summed E-state index contributed by atoms with van der Waals surface area (Å²) in [5.74, 6) is -0.144. The molecule has 3 nitrogen and oxygen atoms in total. The summed E-state index contributed by atoms with van der Waals surface area (Å²) >= 11 is 0. The highest BCUT2D eigenvalue weighted by Crippen LogP contribution is 2.00. The Labute approximate surface area is 89.4 Å². The molecule has 0 spiro atoms. The van der Waals surface area contributed by atoms with E-state index in [4.69, 9.17) is 5.11 Å². The first-order valence-electron chi connectivity index (χ1n) is 4.87. The minimum absolute atomic E-state index is 0.0335. The maximum Gasteiger partial charge on any atom is 0.251 e. The van der Waals surface area contributed by atoms with Crippen LogP contribution in [0.5, 0.6) is 0 Å². The number of carbonyl (C=O) groups excluding carboxylic acids is 1. The van der Waals surface area contributed by atoms with Crippen molar-refractivity contribution in [2.45, 2.75) is 12.5 Å². The molecule has 0 aliphatic carbocycles. The Morgan fingerprint density at radius 2 is 2.13 bits per heavy atom. The Morgan fingerprint density at radius 3 is 2.67 bits per heavy atom. The Morgan fingerprint density at radius 1 is 1.47 bits per heavy atom. The summed E-state index contributed by atoms with van der Waals surface area (Å²) < 4.78 is 0. The van der Waals surface area contributed by atoms with Gasteiger partial charge in [-0.1, -0.05) is 24.3 Å². The molecule has 0 saturated carbocycles. The summed E-state index contributed by atoms with van der Waals surface area (Å²) in [4.78, 5) is 11.6. The highest BCUT2D eigenvalue weighted by atomic mass is 16.3. The Balaban J connectivity index is 2.58. The summed E-state index contributed by atoms with van der Waals surface area (Å²) in [6, 6.07) is 8.79. The van der Waals surface area contributed by atoms with E-state index >= 15 is 0 Å². The van der Waals surface area contributed by atoms with Gasteiger partial charge in [-0.25, -0.2) is 0 Å².